The molecule has 5 nitrogen and oxygen atoms in total. The predicted molar refractivity (Wildman–Crippen MR) is 97.0 cm³/mol. The molecule has 0 saturated heterocycles. The van der Waals surface area contributed by atoms with Crippen molar-refractivity contribution in [2.75, 3.05) is 12.0 Å². The van der Waals surface area contributed by atoms with Gasteiger partial charge in [-0.15, -0.1) is 11.3 Å². The molecule has 0 aliphatic heterocycles. The van der Waals surface area contributed by atoms with Crippen molar-refractivity contribution in [3.63, 3.8) is 0 Å². The van der Waals surface area contributed by atoms with Gasteiger partial charge in [0, 0.05) is 17.0 Å². The summed E-state index contributed by atoms with van der Waals surface area (Å²) in [7, 11) is 1.59. The maximum Gasteiger partial charge on any atom is 0.310 e. The van der Waals surface area contributed by atoms with Crippen LogP contribution < -0.4 is 9.64 Å². The molecule has 1 aliphatic carbocycles. The van der Waals surface area contributed by atoms with Crippen LogP contribution in [-0.4, -0.2) is 24.1 Å². The highest BCUT2D eigenvalue weighted by atomic mass is 32.1. The molecule has 1 aromatic carbocycles. The number of hydrogen-bond acceptors (Lipinski definition) is 4. The van der Waals surface area contributed by atoms with Crippen molar-refractivity contribution >= 4 is 28.9 Å². The zero-order chi connectivity index (χ0) is 17.9. The summed E-state index contributed by atoms with van der Waals surface area (Å²) < 4.78 is 5.17. The van der Waals surface area contributed by atoms with Crippen LogP contribution in [0.5, 0.6) is 5.75 Å². The molecule has 0 spiro atoms. The molecule has 1 heterocycles. The van der Waals surface area contributed by atoms with E-state index in [0.717, 1.165) is 17.0 Å². The molecular formula is C19H21NO4S. The van der Waals surface area contributed by atoms with Crippen LogP contribution in [-0.2, 0) is 16.1 Å². The number of carboxylic acid groups (broad SMARTS) is 1. The van der Waals surface area contributed by atoms with E-state index in [9.17, 15) is 14.7 Å². The fourth-order valence-electron chi connectivity index (χ4n) is 3.10. The summed E-state index contributed by atoms with van der Waals surface area (Å²) >= 11 is 1.58. The first kappa shape index (κ1) is 17.5. The summed E-state index contributed by atoms with van der Waals surface area (Å²) in [5.74, 6) is -0.299. The van der Waals surface area contributed by atoms with E-state index in [4.69, 9.17) is 4.74 Å². The largest absolute Gasteiger partial charge is 0.497 e. The number of carboxylic acids is 1. The fourth-order valence-corrected chi connectivity index (χ4v) is 3.79. The highest BCUT2D eigenvalue weighted by Gasteiger charge is 2.46. The average molecular weight is 359 g/mol. The minimum absolute atomic E-state index is 0.0414. The second-order valence-electron chi connectivity index (χ2n) is 6.37. The Morgan fingerprint density at radius 1 is 1.24 bits per heavy atom. The first-order valence-corrected chi connectivity index (χ1v) is 9.12. The van der Waals surface area contributed by atoms with Crippen molar-refractivity contribution in [1.82, 2.24) is 0 Å². The average Bonchev–Trinajstić information content (AvgIpc) is 3.09. The highest BCUT2D eigenvalue weighted by Crippen LogP contribution is 2.45. The van der Waals surface area contributed by atoms with E-state index in [2.05, 4.69) is 0 Å². The summed E-state index contributed by atoms with van der Waals surface area (Å²) in [6.07, 6.45) is 2.06. The van der Waals surface area contributed by atoms with Gasteiger partial charge in [-0.3, -0.25) is 9.59 Å². The Morgan fingerprint density at radius 3 is 2.44 bits per heavy atom. The van der Waals surface area contributed by atoms with Gasteiger partial charge < -0.3 is 14.7 Å². The van der Waals surface area contributed by atoms with Crippen molar-refractivity contribution in [2.24, 2.45) is 5.41 Å². The molecule has 0 unspecified atom stereocenters. The van der Waals surface area contributed by atoms with Gasteiger partial charge >= 0.3 is 5.97 Å². The molecule has 3 rings (SSSR count). The molecule has 132 valence electrons. The lowest BCUT2D eigenvalue weighted by Crippen LogP contribution is -2.43. The summed E-state index contributed by atoms with van der Waals surface area (Å²) in [5, 5.41) is 11.5. The van der Waals surface area contributed by atoms with Crippen LogP contribution in [0.3, 0.4) is 0 Å². The zero-order valence-corrected chi connectivity index (χ0v) is 14.9. The number of anilines is 1. The van der Waals surface area contributed by atoms with Gasteiger partial charge in [0.15, 0.2) is 0 Å². The van der Waals surface area contributed by atoms with Gasteiger partial charge in [0.1, 0.15) is 5.75 Å². The van der Waals surface area contributed by atoms with E-state index in [1.807, 2.05) is 29.6 Å². The normalized spacial score (nSPS) is 15.2. The monoisotopic (exact) mass is 359 g/mol. The molecule has 0 radical (unpaired) electrons. The molecule has 1 saturated carbocycles. The Morgan fingerprint density at radius 2 is 1.96 bits per heavy atom. The van der Waals surface area contributed by atoms with Gasteiger partial charge in [-0.2, -0.15) is 0 Å². The van der Waals surface area contributed by atoms with Crippen molar-refractivity contribution in [3.05, 3.63) is 46.7 Å². The molecule has 0 atom stereocenters. The van der Waals surface area contributed by atoms with Gasteiger partial charge in [-0.1, -0.05) is 12.5 Å². The third-order valence-corrected chi connectivity index (χ3v) is 5.69. The molecule has 25 heavy (non-hydrogen) atoms. The number of carbonyl (C=O) groups excluding carboxylic acids is 1. The minimum atomic E-state index is -0.892. The Balaban J connectivity index is 1.84. The fraction of sp³-hybridized carbons (Fsp3) is 0.368. The second kappa shape index (κ2) is 7.27. The third kappa shape index (κ3) is 3.69. The van der Waals surface area contributed by atoms with E-state index in [0.29, 0.717) is 25.1 Å². The Bertz CT molecular complexity index is 735. The van der Waals surface area contributed by atoms with Crippen LogP contribution in [0.15, 0.2) is 41.8 Å². The number of nitrogens with zero attached hydrogens (tertiary/aromatic N) is 1. The van der Waals surface area contributed by atoms with Crippen LogP contribution in [0.2, 0.25) is 0 Å². The van der Waals surface area contributed by atoms with Crippen molar-refractivity contribution in [1.29, 1.82) is 0 Å². The van der Waals surface area contributed by atoms with Crippen LogP contribution in [0.4, 0.5) is 5.69 Å². The molecule has 2 aromatic rings. The van der Waals surface area contributed by atoms with Crippen molar-refractivity contribution < 1.29 is 19.4 Å². The van der Waals surface area contributed by atoms with Crippen LogP contribution >= 0.6 is 11.3 Å². The first-order valence-electron chi connectivity index (χ1n) is 8.24. The Kier molecular flexibility index (Phi) is 5.08. The first-order chi connectivity index (χ1) is 12.0. The number of carbonyl (C=O) groups is 2. The van der Waals surface area contributed by atoms with Crippen molar-refractivity contribution in [2.45, 2.75) is 32.2 Å². The molecule has 1 N–H and O–H groups in total. The van der Waals surface area contributed by atoms with Crippen LogP contribution in [0, 0.1) is 5.41 Å². The van der Waals surface area contributed by atoms with Gasteiger partial charge in [0.25, 0.3) is 0 Å². The summed E-state index contributed by atoms with van der Waals surface area (Å²) in [6, 6.07) is 11.2. The number of rotatable bonds is 7. The minimum Gasteiger partial charge on any atom is -0.497 e. The highest BCUT2D eigenvalue weighted by molar-refractivity contribution is 7.09. The van der Waals surface area contributed by atoms with E-state index in [1.165, 1.54) is 0 Å². The standard InChI is InChI=1S/C19H21NO4S/c1-24-15-7-5-14(6-8-15)20(13-16-4-2-11-25-16)17(21)12-19(18(22)23)9-3-10-19/h2,4-8,11H,3,9-10,12-13H2,1H3,(H,22,23). The number of methoxy groups -OCH3 is 1. The summed E-state index contributed by atoms with van der Waals surface area (Å²) in [5.41, 5.74) is -0.142. The molecule has 0 bridgehead atoms. The summed E-state index contributed by atoms with van der Waals surface area (Å²) in [6.45, 7) is 0.443. The molecule has 1 amide bonds. The zero-order valence-electron chi connectivity index (χ0n) is 14.1. The van der Waals surface area contributed by atoms with E-state index in [-0.39, 0.29) is 12.3 Å². The maximum absolute atomic E-state index is 13.0. The molecule has 1 fully saturated rings. The second-order valence-corrected chi connectivity index (χ2v) is 7.41. The topological polar surface area (TPSA) is 66.8 Å². The van der Waals surface area contributed by atoms with Gasteiger partial charge in [-0.25, -0.2) is 0 Å². The van der Waals surface area contributed by atoms with Gasteiger partial charge in [0.2, 0.25) is 5.91 Å². The van der Waals surface area contributed by atoms with Crippen LogP contribution in [0.25, 0.3) is 0 Å². The van der Waals surface area contributed by atoms with Crippen molar-refractivity contribution in [3.8, 4) is 5.75 Å². The molecule has 1 aliphatic rings. The number of amides is 1. The smallest absolute Gasteiger partial charge is 0.310 e. The molecular weight excluding hydrogens is 338 g/mol. The maximum atomic E-state index is 13.0. The number of hydrogen-bond donors (Lipinski definition) is 1. The number of benzene rings is 1. The number of ether oxygens (including phenoxy) is 1. The van der Waals surface area contributed by atoms with E-state index < -0.39 is 11.4 Å². The Hall–Kier alpha value is -2.34. The SMILES string of the molecule is COc1ccc(N(Cc2cccs2)C(=O)CC2(C(=O)O)CCC2)cc1. The predicted octanol–water partition coefficient (Wildman–Crippen LogP) is 3.93. The third-order valence-electron chi connectivity index (χ3n) is 4.83. The van der Waals surface area contributed by atoms with E-state index in [1.54, 1.807) is 35.5 Å². The lowest BCUT2D eigenvalue weighted by atomic mass is 9.66. The van der Waals surface area contributed by atoms with Gasteiger partial charge in [-0.05, 0) is 48.6 Å². The summed E-state index contributed by atoms with van der Waals surface area (Å²) in [4.78, 5) is 27.3. The van der Waals surface area contributed by atoms with Crippen LogP contribution in [0.1, 0.15) is 30.6 Å². The number of aliphatic carboxylic acids is 1. The molecule has 6 heteroatoms. The lowest BCUT2D eigenvalue weighted by Gasteiger charge is -2.38. The quantitative estimate of drug-likeness (QED) is 0.813. The lowest BCUT2D eigenvalue weighted by molar-refractivity contribution is -0.157. The van der Waals surface area contributed by atoms with E-state index >= 15 is 0 Å². The Labute approximate surface area is 150 Å². The molecule has 1 aromatic heterocycles. The number of thiophene rings is 1. The van der Waals surface area contributed by atoms with Gasteiger partial charge in [0.05, 0.1) is 19.1 Å².